The molecule has 0 aliphatic heterocycles. The van der Waals surface area contributed by atoms with Gasteiger partial charge in [-0.1, -0.05) is 13.3 Å². The first-order valence-electron chi connectivity index (χ1n) is 3.55. The molecule has 2 N–H and O–H groups in total. The van der Waals surface area contributed by atoms with Gasteiger partial charge >= 0.3 is 8.56 Å². The van der Waals surface area contributed by atoms with E-state index in [2.05, 4.69) is 6.92 Å². The molecule has 0 amide bonds. The minimum absolute atomic E-state index is 0.549. The SMILES string of the molecule is CCC[Si](CN)(OC)OC. The normalized spacial score (nSPS) is 12.0. The molecule has 0 rings (SSSR count). The third-order valence-electron chi connectivity index (χ3n) is 1.69. The molecule has 0 aliphatic rings. The van der Waals surface area contributed by atoms with Crippen molar-refractivity contribution in [3.05, 3.63) is 0 Å². The lowest BCUT2D eigenvalue weighted by molar-refractivity contribution is 0.242. The van der Waals surface area contributed by atoms with Crippen molar-refractivity contribution in [1.82, 2.24) is 0 Å². The molecule has 0 heterocycles. The maximum Gasteiger partial charge on any atom is 0.351 e. The van der Waals surface area contributed by atoms with Gasteiger partial charge in [0.25, 0.3) is 0 Å². The van der Waals surface area contributed by atoms with Crippen LogP contribution in [0.25, 0.3) is 0 Å². The third-order valence-corrected chi connectivity index (χ3v) is 5.06. The fourth-order valence-corrected chi connectivity index (χ4v) is 2.81. The van der Waals surface area contributed by atoms with Crippen molar-refractivity contribution in [3.63, 3.8) is 0 Å². The van der Waals surface area contributed by atoms with Crippen LogP contribution in [0, 0.1) is 0 Å². The van der Waals surface area contributed by atoms with Crippen LogP contribution < -0.4 is 5.73 Å². The fraction of sp³-hybridized carbons (Fsp3) is 1.00. The lowest BCUT2D eigenvalue weighted by Crippen LogP contribution is -2.47. The van der Waals surface area contributed by atoms with Crippen LogP contribution >= 0.6 is 0 Å². The van der Waals surface area contributed by atoms with E-state index in [0.717, 1.165) is 12.5 Å². The van der Waals surface area contributed by atoms with E-state index in [4.69, 9.17) is 14.6 Å². The zero-order chi connectivity index (χ0) is 8.04. The first-order chi connectivity index (χ1) is 4.74. The second-order valence-corrected chi connectivity index (χ2v) is 5.82. The zero-order valence-electron chi connectivity index (χ0n) is 7.02. The van der Waals surface area contributed by atoms with Gasteiger partial charge in [0.2, 0.25) is 0 Å². The van der Waals surface area contributed by atoms with Crippen molar-refractivity contribution in [2.75, 3.05) is 20.4 Å². The Bertz CT molecular complexity index is 77.6. The molecule has 10 heavy (non-hydrogen) atoms. The summed E-state index contributed by atoms with van der Waals surface area (Å²) in [6, 6.07) is 0.983. The third kappa shape index (κ3) is 2.38. The summed E-state index contributed by atoms with van der Waals surface area (Å²) in [5, 5.41) is 0. The predicted octanol–water partition coefficient (Wildman–Crippen LogP) is 0.629. The average Bonchev–Trinajstić information content (AvgIpc) is 2.01. The first-order valence-corrected chi connectivity index (χ1v) is 5.78. The van der Waals surface area contributed by atoms with Gasteiger partial charge in [-0.05, 0) is 6.04 Å². The molecular formula is C6H17NO2Si. The van der Waals surface area contributed by atoms with Gasteiger partial charge in [0, 0.05) is 20.4 Å². The molecule has 0 atom stereocenters. The van der Waals surface area contributed by atoms with Crippen LogP contribution in [0.2, 0.25) is 6.04 Å². The molecule has 0 unspecified atom stereocenters. The summed E-state index contributed by atoms with van der Waals surface area (Å²) in [6.07, 6.45) is 1.62. The lowest BCUT2D eigenvalue weighted by Gasteiger charge is -2.24. The maximum atomic E-state index is 5.53. The van der Waals surface area contributed by atoms with Gasteiger partial charge in [-0.3, -0.25) is 0 Å². The highest BCUT2D eigenvalue weighted by Crippen LogP contribution is 2.11. The van der Waals surface area contributed by atoms with Gasteiger partial charge in [0.15, 0.2) is 0 Å². The summed E-state index contributed by atoms with van der Waals surface area (Å²) in [5.74, 6) is 0. The summed E-state index contributed by atoms with van der Waals surface area (Å²) in [4.78, 5) is 0. The number of hydrogen-bond acceptors (Lipinski definition) is 3. The smallest absolute Gasteiger partial charge is 0.351 e. The van der Waals surface area contributed by atoms with Crippen molar-refractivity contribution < 1.29 is 8.85 Å². The van der Waals surface area contributed by atoms with Crippen LogP contribution in [0.3, 0.4) is 0 Å². The van der Waals surface area contributed by atoms with Crippen LogP contribution in [-0.2, 0) is 8.85 Å². The van der Waals surface area contributed by atoms with E-state index >= 15 is 0 Å². The van der Waals surface area contributed by atoms with E-state index in [1.165, 1.54) is 0 Å². The van der Waals surface area contributed by atoms with Crippen LogP contribution in [0.4, 0.5) is 0 Å². The Labute approximate surface area is 63.8 Å². The minimum Gasteiger partial charge on any atom is -0.397 e. The highest BCUT2D eigenvalue weighted by Gasteiger charge is 2.32. The second-order valence-electron chi connectivity index (χ2n) is 2.27. The van der Waals surface area contributed by atoms with Crippen molar-refractivity contribution in [3.8, 4) is 0 Å². The predicted molar refractivity (Wildman–Crippen MR) is 43.9 cm³/mol. The van der Waals surface area contributed by atoms with Gasteiger partial charge in [-0.25, -0.2) is 0 Å². The van der Waals surface area contributed by atoms with Crippen LogP contribution in [0.1, 0.15) is 13.3 Å². The van der Waals surface area contributed by atoms with Gasteiger partial charge in [-0.2, -0.15) is 0 Å². The molecule has 0 fully saturated rings. The Hall–Kier alpha value is 0.0969. The van der Waals surface area contributed by atoms with Crippen LogP contribution in [0.5, 0.6) is 0 Å². The lowest BCUT2D eigenvalue weighted by atomic mass is 10.6. The van der Waals surface area contributed by atoms with Crippen molar-refractivity contribution in [1.29, 1.82) is 0 Å². The van der Waals surface area contributed by atoms with Crippen molar-refractivity contribution in [2.45, 2.75) is 19.4 Å². The summed E-state index contributed by atoms with van der Waals surface area (Å²) in [5.41, 5.74) is 5.53. The first kappa shape index (κ1) is 10.1. The monoisotopic (exact) mass is 163 g/mol. The number of hydrogen-bond donors (Lipinski definition) is 1. The van der Waals surface area contributed by atoms with Gasteiger partial charge in [0.05, 0.1) is 0 Å². The van der Waals surface area contributed by atoms with E-state index in [-0.39, 0.29) is 0 Å². The Morgan fingerprint density at radius 2 is 1.80 bits per heavy atom. The van der Waals surface area contributed by atoms with Gasteiger partial charge in [0.1, 0.15) is 0 Å². The van der Waals surface area contributed by atoms with Crippen LogP contribution in [0.15, 0.2) is 0 Å². The van der Waals surface area contributed by atoms with Gasteiger partial charge < -0.3 is 14.6 Å². The maximum absolute atomic E-state index is 5.53. The molecule has 4 heteroatoms. The topological polar surface area (TPSA) is 44.5 Å². The molecule has 0 spiro atoms. The zero-order valence-corrected chi connectivity index (χ0v) is 8.02. The van der Waals surface area contributed by atoms with E-state index in [0.29, 0.717) is 6.17 Å². The highest BCUT2D eigenvalue weighted by atomic mass is 28.4. The molecular weight excluding hydrogens is 146 g/mol. The molecule has 62 valence electrons. The highest BCUT2D eigenvalue weighted by molar-refractivity contribution is 6.67. The van der Waals surface area contributed by atoms with Crippen molar-refractivity contribution >= 4 is 8.56 Å². The Kier molecular flexibility index (Phi) is 4.89. The largest absolute Gasteiger partial charge is 0.397 e. The minimum atomic E-state index is -1.94. The molecule has 0 saturated carbocycles. The van der Waals surface area contributed by atoms with Gasteiger partial charge in [-0.15, -0.1) is 0 Å². The Morgan fingerprint density at radius 3 is 1.90 bits per heavy atom. The molecule has 0 saturated heterocycles. The standard InChI is InChI=1S/C6H17NO2Si/c1-4-5-10(6-7,8-2)9-3/h4-7H2,1-3H3. The Balaban J connectivity index is 3.87. The van der Waals surface area contributed by atoms with Crippen molar-refractivity contribution in [2.24, 2.45) is 5.73 Å². The van der Waals surface area contributed by atoms with E-state index in [1.807, 2.05) is 0 Å². The van der Waals surface area contributed by atoms with E-state index in [1.54, 1.807) is 14.2 Å². The molecule has 0 aromatic heterocycles. The molecule has 0 aromatic rings. The summed E-state index contributed by atoms with van der Waals surface area (Å²) < 4.78 is 10.5. The summed E-state index contributed by atoms with van der Waals surface area (Å²) in [6.45, 7) is 2.11. The average molecular weight is 163 g/mol. The van der Waals surface area contributed by atoms with Crippen LogP contribution in [-0.4, -0.2) is 28.9 Å². The molecule has 0 bridgehead atoms. The quantitative estimate of drug-likeness (QED) is 0.605. The number of nitrogens with two attached hydrogens (primary N) is 1. The van der Waals surface area contributed by atoms with E-state index < -0.39 is 8.56 Å². The molecule has 0 radical (unpaired) electrons. The Morgan fingerprint density at radius 1 is 1.30 bits per heavy atom. The molecule has 3 nitrogen and oxygen atoms in total. The molecule has 0 aromatic carbocycles. The summed E-state index contributed by atoms with van der Waals surface area (Å²) in [7, 11) is 1.42. The molecule has 0 aliphatic carbocycles. The van der Waals surface area contributed by atoms with E-state index in [9.17, 15) is 0 Å². The fourth-order valence-electron chi connectivity index (χ4n) is 0.937. The number of rotatable bonds is 5. The summed E-state index contributed by atoms with van der Waals surface area (Å²) >= 11 is 0. The second kappa shape index (κ2) is 4.84.